The van der Waals surface area contributed by atoms with Crippen molar-refractivity contribution >= 4 is 43.8 Å². The van der Waals surface area contributed by atoms with Crippen LogP contribution in [0.1, 0.15) is 24.2 Å². The average molecular weight is 421 g/mol. The molecule has 0 aliphatic carbocycles. The SMILES string of the molecule is CC(C)S(=O)(=O)c1ccc(C(=O)Nc2nc(-c3ccccc3Cl)cs2)cc1. The Bertz CT molecular complexity index is 1070. The molecule has 2 aromatic carbocycles. The van der Waals surface area contributed by atoms with Crippen molar-refractivity contribution in [1.29, 1.82) is 0 Å². The highest BCUT2D eigenvalue weighted by molar-refractivity contribution is 7.92. The molecule has 0 fully saturated rings. The molecular weight excluding hydrogens is 404 g/mol. The van der Waals surface area contributed by atoms with Gasteiger partial charge in [0.1, 0.15) is 0 Å². The quantitative estimate of drug-likeness (QED) is 0.637. The number of nitrogens with one attached hydrogen (secondary N) is 1. The van der Waals surface area contributed by atoms with Crippen molar-refractivity contribution in [2.45, 2.75) is 24.0 Å². The summed E-state index contributed by atoms with van der Waals surface area (Å²) in [7, 11) is -3.36. The fourth-order valence-electron chi connectivity index (χ4n) is 2.36. The second kappa shape index (κ2) is 7.80. The molecule has 8 heteroatoms. The van der Waals surface area contributed by atoms with E-state index in [1.165, 1.54) is 35.6 Å². The van der Waals surface area contributed by atoms with Crippen molar-refractivity contribution in [2.75, 3.05) is 5.32 Å². The Balaban J connectivity index is 1.76. The fourth-order valence-corrected chi connectivity index (χ4v) is 4.36. The molecule has 1 N–H and O–H groups in total. The van der Waals surface area contributed by atoms with Crippen LogP contribution >= 0.6 is 22.9 Å². The number of benzene rings is 2. The highest BCUT2D eigenvalue weighted by Crippen LogP contribution is 2.30. The molecule has 3 aromatic rings. The van der Waals surface area contributed by atoms with Crippen LogP contribution in [0.25, 0.3) is 11.3 Å². The summed E-state index contributed by atoms with van der Waals surface area (Å²) in [6, 6.07) is 13.2. The Hall–Kier alpha value is -2.22. The third-order valence-electron chi connectivity index (χ3n) is 3.94. The van der Waals surface area contributed by atoms with Gasteiger partial charge in [0.05, 0.1) is 15.8 Å². The second-order valence-electron chi connectivity index (χ2n) is 6.09. The van der Waals surface area contributed by atoms with E-state index in [-0.39, 0.29) is 10.8 Å². The number of anilines is 1. The summed E-state index contributed by atoms with van der Waals surface area (Å²) in [6.45, 7) is 3.24. The molecule has 3 rings (SSSR count). The molecular formula is C19H17ClN2O3S2. The minimum atomic E-state index is -3.36. The predicted molar refractivity (Wildman–Crippen MR) is 109 cm³/mol. The molecule has 0 aliphatic heterocycles. The molecule has 1 amide bonds. The van der Waals surface area contributed by atoms with Gasteiger partial charge in [-0.15, -0.1) is 11.3 Å². The van der Waals surface area contributed by atoms with Crippen LogP contribution in [-0.2, 0) is 9.84 Å². The van der Waals surface area contributed by atoms with Gasteiger partial charge in [-0.3, -0.25) is 10.1 Å². The number of hydrogen-bond donors (Lipinski definition) is 1. The zero-order valence-corrected chi connectivity index (χ0v) is 17.0. The number of amides is 1. The lowest BCUT2D eigenvalue weighted by Crippen LogP contribution is -2.15. The van der Waals surface area contributed by atoms with Gasteiger partial charge in [0.25, 0.3) is 5.91 Å². The largest absolute Gasteiger partial charge is 0.298 e. The van der Waals surface area contributed by atoms with Crippen LogP contribution in [0.5, 0.6) is 0 Å². The zero-order valence-electron chi connectivity index (χ0n) is 14.6. The lowest BCUT2D eigenvalue weighted by Gasteiger charge is -2.08. The molecule has 0 saturated heterocycles. The van der Waals surface area contributed by atoms with E-state index in [0.717, 1.165) is 5.56 Å². The smallest absolute Gasteiger partial charge is 0.257 e. The van der Waals surface area contributed by atoms with Gasteiger partial charge in [-0.2, -0.15) is 0 Å². The highest BCUT2D eigenvalue weighted by atomic mass is 35.5. The molecule has 0 saturated carbocycles. The lowest BCUT2D eigenvalue weighted by molar-refractivity contribution is 0.102. The Morgan fingerprint density at radius 2 is 1.78 bits per heavy atom. The summed E-state index contributed by atoms with van der Waals surface area (Å²) in [6.07, 6.45) is 0. The van der Waals surface area contributed by atoms with E-state index < -0.39 is 15.1 Å². The van der Waals surface area contributed by atoms with E-state index in [2.05, 4.69) is 10.3 Å². The maximum absolute atomic E-state index is 12.4. The summed E-state index contributed by atoms with van der Waals surface area (Å²) in [5.74, 6) is -0.358. The molecule has 140 valence electrons. The molecule has 1 aromatic heterocycles. The average Bonchev–Trinajstić information content (AvgIpc) is 3.10. The van der Waals surface area contributed by atoms with Gasteiger partial charge in [-0.1, -0.05) is 29.8 Å². The van der Waals surface area contributed by atoms with Gasteiger partial charge < -0.3 is 0 Å². The Kier molecular flexibility index (Phi) is 5.64. The molecule has 0 radical (unpaired) electrons. The molecule has 0 aliphatic rings. The summed E-state index contributed by atoms with van der Waals surface area (Å²) in [5, 5.41) is 5.05. The molecule has 0 unspecified atom stereocenters. The minimum absolute atomic E-state index is 0.198. The van der Waals surface area contributed by atoms with Crippen molar-refractivity contribution < 1.29 is 13.2 Å². The summed E-state index contributed by atoms with van der Waals surface area (Å²) in [4.78, 5) is 17.0. The van der Waals surface area contributed by atoms with Crippen molar-refractivity contribution in [1.82, 2.24) is 4.98 Å². The van der Waals surface area contributed by atoms with E-state index in [4.69, 9.17) is 11.6 Å². The standard InChI is InChI=1S/C19H17ClN2O3S2/c1-12(2)27(24,25)14-9-7-13(8-10-14)18(23)22-19-21-17(11-26-19)15-5-3-4-6-16(15)20/h3-12H,1-2H3,(H,21,22,23). The highest BCUT2D eigenvalue weighted by Gasteiger charge is 2.19. The van der Waals surface area contributed by atoms with Crippen molar-refractivity contribution in [3.8, 4) is 11.3 Å². The summed E-state index contributed by atoms with van der Waals surface area (Å²) in [5.41, 5.74) is 1.82. The Morgan fingerprint density at radius 3 is 2.41 bits per heavy atom. The Labute approximate surface area is 167 Å². The van der Waals surface area contributed by atoms with E-state index in [0.29, 0.717) is 21.4 Å². The van der Waals surface area contributed by atoms with Crippen LogP contribution in [0.2, 0.25) is 5.02 Å². The number of hydrogen-bond acceptors (Lipinski definition) is 5. The van der Waals surface area contributed by atoms with Crippen LogP contribution < -0.4 is 5.32 Å². The maximum Gasteiger partial charge on any atom is 0.257 e. The lowest BCUT2D eigenvalue weighted by atomic mass is 10.2. The van der Waals surface area contributed by atoms with Gasteiger partial charge >= 0.3 is 0 Å². The Morgan fingerprint density at radius 1 is 1.11 bits per heavy atom. The molecule has 0 bridgehead atoms. The number of thiazole rings is 1. The monoisotopic (exact) mass is 420 g/mol. The molecule has 27 heavy (non-hydrogen) atoms. The van der Waals surface area contributed by atoms with Gasteiger partial charge in [0.15, 0.2) is 15.0 Å². The van der Waals surface area contributed by atoms with E-state index in [9.17, 15) is 13.2 Å². The van der Waals surface area contributed by atoms with Crippen LogP contribution in [0.4, 0.5) is 5.13 Å². The van der Waals surface area contributed by atoms with E-state index in [1.54, 1.807) is 19.9 Å². The zero-order chi connectivity index (χ0) is 19.6. The number of sulfone groups is 1. The van der Waals surface area contributed by atoms with E-state index in [1.807, 2.05) is 23.6 Å². The molecule has 1 heterocycles. The van der Waals surface area contributed by atoms with Gasteiger partial charge in [-0.05, 0) is 44.2 Å². The van der Waals surface area contributed by atoms with Crippen molar-refractivity contribution in [3.05, 3.63) is 64.5 Å². The second-order valence-corrected chi connectivity index (χ2v) is 9.86. The van der Waals surface area contributed by atoms with Crippen LogP contribution in [0, 0.1) is 0 Å². The van der Waals surface area contributed by atoms with Crippen molar-refractivity contribution in [2.24, 2.45) is 0 Å². The first-order valence-electron chi connectivity index (χ1n) is 8.15. The number of carbonyl (C=O) groups is 1. The number of halogens is 1. The first-order valence-corrected chi connectivity index (χ1v) is 10.9. The molecule has 0 atom stereocenters. The number of nitrogens with zero attached hydrogens (tertiary/aromatic N) is 1. The van der Waals surface area contributed by atoms with E-state index >= 15 is 0 Å². The number of carbonyl (C=O) groups excluding carboxylic acids is 1. The van der Waals surface area contributed by atoms with Crippen molar-refractivity contribution in [3.63, 3.8) is 0 Å². The molecule has 5 nitrogen and oxygen atoms in total. The first-order chi connectivity index (χ1) is 12.8. The first kappa shape index (κ1) is 19.5. The van der Waals surface area contributed by atoms with Crippen LogP contribution in [-0.4, -0.2) is 24.6 Å². The van der Waals surface area contributed by atoms with Gasteiger partial charge in [0, 0.05) is 21.5 Å². The van der Waals surface area contributed by atoms with Gasteiger partial charge in [-0.25, -0.2) is 13.4 Å². The molecule has 0 spiro atoms. The summed E-state index contributed by atoms with van der Waals surface area (Å²) >= 11 is 7.46. The third kappa shape index (κ3) is 4.21. The summed E-state index contributed by atoms with van der Waals surface area (Å²) < 4.78 is 24.3. The number of rotatable bonds is 5. The topological polar surface area (TPSA) is 76.1 Å². The van der Waals surface area contributed by atoms with Gasteiger partial charge in [0.2, 0.25) is 0 Å². The minimum Gasteiger partial charge on any atom is -0.298 e. The fraction of sp³-hybridized carbons (Fsp3) is 0.158. The maximum atomic E-state index is 12.4. The normalized spacial score (nSPS) is 11.6. The van der Waals surface area contributed by atoms with Crippen LogP contribution in [0.15, 0.2) is 58.8 Å². The third-order valence-corrected chi connectivity index (χ3v) is 7.20. The predicted octanol–water partition coefficient (Wildman–Crippen LogP) is 4.90. The number of aromatic nitrogens is 1. The van der Waals surface area contributed by atoms with Crippen LogP contribution in [0.3, 0.4) is 0 Å².